The Bertz CT molecular complexity index is 537. The molecule has 0 spiro atoms. The summed E-state index contributed by atoms with van der Waals surface area (Å²) in [7, 11) is 0. The van der Waals surface area contributed by atoms with Gasteiger partial charge in [-0.25, -0.2) is 9.59 Å². The number of carbonyl (C=O) groups is 2. The van der Waals surface area contributed by atoms with Crippen LogP contribution in [0.15, 0.2) is 46.1 Å². The second-order valence-electron chi connectivity index (χ2n) is 4.99. The maximum Gasteiger partial charge on any atom is 0.333 e. The van der Waals surface area contributed by atoms with E-state index in [2.05, 4.69) is 0 Å². The Kier molecular flexibility index (Phi) is 7.75. The molecule has 0 saturated carbocycles. The molecule has 0 atom stereocenters. The number of carbonyl (C=O) groups excluding carboxylic acids is 1. The molecule has 1 N–H and O–H groups in total. The Morgan fingerprint density at radius 3 is 2.64 bits per heavy atom. The van der Waals surface area contributed by atoms with E-state index in [4.69, 9.17) is 14.3 Å². The molecule has 0 aromatic carbocycles. The van der Waals surface area contributed by atoms with Crippen molar-refractivity contribution >= 4 is 11.9 Å². The van der Waals surface area contributed by atoms with Gasteiger partial charge in [0.2, 0.25) is 0 Å². The van der Waals surface area contributed by atoms with Gasteiger partial charge in [-0.05, 0) is 45.2 Å². The lowest BCUT2D eigenvalue weighted by Crippen LogP contribution is -2.07. The molecule has 0 aliphatic heterocycles. The maximum atomic E-state index is 11.7. The summed E-state index contributed by atoms with van der Waals surface area (Å²) < 4.78 is 10.3. The fraction of sp³-hybridized carbons (Fsp3) is 0.412. The second-order valence-corrected chi connectivity index (χ2v) is 4.99. The average Bonchev–Trinajstić information content (AvgIpc) is 3.00. The van der Waals surface area contributed by atoms with Gasteiger partial charge in [-0.15, -0.1) is 0 Å². The topological polar surface area (TPSA) is 76.7 Å². The van der Waals surface area contributed by atoms with Gasteiger partial charge >= 0.3 is 11.9 Å². The van der Waals surface area contributed by atoms with Crippen LogP contribution in [0.2, 0.25) is 0 Å². The Morgan fingerprint density at radius 2 is 2.00 bits per heavy atom. The van der Waals surface area contributed by atoms with Crippen LogP contribution in [-0.2, 0) is 20.7 Å². The molecule has 120 valence electrons. The lowest BCUT2D eigenvalue weighted by molar-refractivity contribution is -0.139. The van der Waals surface area contributed by atoms with Gasteiger partial charge < -0.3 is 14.3 Å². The number of furan rings is 1. The van der Waals surface area contributed by atoms with E-state index < -0.39 is 5.97 Å². The summed E-state index contributed by atoms with van der Waals surface area (Å²) in [5, 5.41) is 8.69. The van der Waals surface area contributed by atoms with E-state index in [0.717, 1.165) is 12.2 Å². The number of unbranched alkanes of at least 4 members (excludes halogenated alkanes) is 2. The van der Waals surface area contributed by atoms with Crippen LogP contribution in [0.5, 0.6) is 0 Å². The minimum Gasteiger partial charge on any atom is -0.478 e. The van der Waals surface area contributed by atoms with Crippen LogP contribution in [0, 0.1) is 0 Å². The number of hydrogen-bond donors (Lipinski definition) is 1. The molecule has 0 aliphatic carbocycles. The van der Waals surface area contributed by atoms with Gasteiger partial charge in [-0.3, -0.25) is 0 Å². The van der Waals surface area contributed by atoms with Crippen LogP contribution in [0.3, 0.4) is 0 Å². The van der Waals surface area contributed by atoms with E-state index in [1.807, 2.05) is 6.07 Å². The molecular formula is C17H22O5. The smallest absolute Gasteiger partial charge is 0.333 e. The quantitative estimate of drug-likeness (QED) is 0.429. The van der Waals surface area contributed by atoms with Crippen molar-refractivity contribution in [3.8, 4) is 0 Å². The van der Waals surface area contributed by atoms with Gasteiger partial charge in [0.15, 0.2) is 0 Å². The van der Waals surface area contributed by atoms with E-state index in [9.17, 15) is 9.59 Å². The van der Waals surface area contributed by atoms with Crippen molar-refractivity contribution in [1.82, 2.24) is 0 Å². The fourth-order valence-electron chi connectivity index (χ4n) is 1.70. The molecule has 0 bridgehead atoms. The number of allylic oxidation sites excluding steroid dienone is 2. The first-order chi connectivity index (χ1) is 10.5. The van der Waals surface area contributed by atoms with Gasteiger partial charge in [0.1, 0.15) is 5.76 Å². The molecule has 5 heteroatoms. The number of carboxylic acid groups (broad SMARTS) is 1. The summed E-state index contributed by atoms with van der Waals surface area (Å²) in [6.07, 6.45) is 7.78. The fourth-order valence-corrected chi connectivity index (χ4v) is 1.70. The molecule has 5 nitrogen and oxygen atoms in total. The van der Waals surface area contributed by atoms with Crippen molar-refractivity contribution < 1.29 is 23.8 Å². The van der Waals surface area contributed by atoms with Crippen LogP contribution >= 0.6 is 0 Å². The summed E-state index contributed by atoms with van der Waals surface area (Å²) in [4.78, 5) is 22.3. The molecule has 0 radical (unpaired) electrons. The third-order valence-corrected chi connectivity index (χ3v) is 3.13. The molecule has 0 aliphatic rings. The van der Waals surface area contributed by atoms with E-state index in [0.29, 0.717) is 37.0 Å². The van der Waals surface area contributed by atoms with Gasteiger partial charge in [-0.1, -0.05) is 12.2 Å². The van der Waals surface area contributed by atoms with E-state index in [-0.39, 0.29) is 5.97 Å². The maximum absolute atomic E-state index is 11.7. The number of aliphatic carboxylic acids is 1. The SMILES string of the molecule is CC(=CCCCCOC(=O)C(C)=CCc1ccco1)C(=O)O. The van der Waals surface area contributed by atoms with Crippen LogP contribution in [-0.4, -0.2) is 23.7 Å². The van der Waals surface area contributed by atoms with Gasteiger partial charge in [-0.2, -0.15) is 0 Å². The van der Waals surface area contributed by atoms with Crippen LogP contribution < -0.4 is 0 Å². The van der Waals surface area contributed by atoms with Crippen LogP contribution in [0.4, 0.5) is 0 Å². The zero-order valence-electron chi connectivity index (χ0n) is 13.0. The molecule has 1 rings (SSSR count). The first kappa shape index (κ1) is 17.8. The minimum atomic E-state index is -0.899. The molecule has 0 unspecified atom stereocenters. The molecule has 0 saturated heterocycles. The molecule has 1 heterocycles. The van der Waals surface area contributed by atoms with E-state index in [1.165, 1.54) is 0 Å². The third kappa shape index (κ3) is 6.92. The average molecular weight is 306 g/mol. The Labute approximate surface area is 130 Å². The number of rotatable bonds is 9. The van der Waals surface area contributed by atoms with Crippen molar-refractivity contribution in [2.24, 2.45) is 0 Å². The van der Waals surface area contributed by atoms with Crippen LogP contribution in [0.25, 0.3) is 0 Å². The minimum absolute atomic E-state index is 0.330. The van der Waals surface area contributed by atoms with Crippen molar-refractivity contribution in [3.63, 3.8) is 0 Å². The third-order valence-electron chi connectivity index (χ3n) is 3.13. The van der Waals surface area contributed by atoms with Crippen molar-refractivity contribution in [2.75, 3.05) is 6.61 Å². The normalized spacial score (nSPS) is 12.3. The number of ether oxygens (including phenoxy) is 1. The first-order valence-corrected chi connectivity index (χ1v) is 7.27. The largest absolute Gasteiger partial charge is 0.478 e. The summed E-state index contributed by atoms with van der Waals surface area (Å²) >= 11 is 0. The predicted octanol–water partition coefficient (Wildman–Crippen LogP) is 3.51. The van der Waals surface area contributed by atoms with Gasteiger partial charge in [0, 0.05) is 17.6 Å². The number of carboxylic acids is 1. The summed E-state index contributed by atoms with van der Waals surface area (Å²) in [5.74, 6) is -0.430. The highest BCUT2D eigenvalue weighted by molar-refractivity contribution is 5.87. The summed E-state index contributed by atoms with van der Waals surface area (Å²) in [6, 6.07) is 3.65. The standard InChI is InChI=1S/C17H22O5/c1-13(16(18)19)7-4-3-5-11-22-17(20)14(2)9-10-15-8-6-12-21-15/h6-9,12H,3-5,10-11H2,1-2H3,(H,18,19). The van der Waals surface area contributed by atoms with Crippen LogP contribution in [0.1, 0.15) is 38.9 Å². The van der Waals surface area contributed by atoms with Gasteiger partial charge in [0.25, 0.3) is 0 Å². The molecule has 1 aromatic heterocycles. The van der Waals surface area contributed by atoms with E-state index >= 15 is 0 Å². The Morgan fingerprint density at radius 1 is 1.23 bits per heavy atom. The highest BCUT2D eigenvalue weighted by Gasteiger charge is 2.05. The lowest BCUT2D eigenvalue weighted by atomic mass is 10.2. The first-order valence-electron chi connectivity index (χ1n) is 7.27. The zero-order chi connectivity index (χ0) is 16.4. The van der Waals surface area contributed by atoms with Crippen molar-refractivity contribution in [1.29, 1.82) is 0 Å². The van der Waals surface area contributed by atoms with Crippen molar-refractivity contribution in [2.45, 2.75) is 39.5 Å². The highest BCUT2D eigenvalue weighted by Crippen LogP contribution is 2.06. The highest BCUT2D eigenvalue weighted by atomic mass is 16.5. The molecular weight excluding hydrogens is 284 g/mol. The van der Waals surface area contributed by atoms with Crippen molar-refractivity contribution in [3.05, 3.63) is 47.5 Å². The molecule has 0 amide bonds. The zero-order valence-corrected chi connectivity index (χ0v) is 13.0. The Balaban J connectivity index is 2.18. The number of hydrogen-bond acceptors (Lipinski definition) is 4. The lowest BCUT2D eigenvalue weighted by Gasteiger charge is -2.04. The molecule has 22 heavy (non-hydrogen) atoms. The summed E-state index contributed by atoms with van der Waals surface area (Å²) in [6.45, 7) is 3.62. The Hall–Kier alpha value is -2.30. The summed E-state index contributed by atoms with van der Waals surface area (Å²) in [5.41, 5.74) is 0.895. The molecule has 0 fully saturated rings. The number of esters is 1. The van der Waals surface area contributed by atoms with Gasteiger partial charge in [0.05, 0.1) is 12.9 Å². The van der Waals surface area contributed by atoms with E-state index in [1.54, 1.807) is 38.3 Å². The monoisotopic (exact) mass is 306 g/mol. The predicted molar refractivity (Wildman–Crippen MR) is 82.4 cm³/mol. The molecule has 1 aromatic rings. The second kappa shape index (κ2) is 9.60.